The summed E-state index contributed by atoms with van der Waals surface area (Å²) in [6.07, 6.45) is 0.947. The van der Waals surface area contributed by atoms with Gasteiger partial charge in [-0.1, -0.05) is 19.1 Å². The number of rotatable bonds is 6. The Morgan fingerprint density at radius 1 is 1.14 bits per heavy atom. The van der Waals surface area contributed by atoms with E-state index < -0.39 is 0 Å². The fraction of sp³-hybridized carbons (Fsp3) is 0.353. The molecule has 0 spiro atoms. The number of hydrogen-bond donors (Lipinski definition) is 0. The number of aromatic nitrogens is 1. The second-order valence-electron chi connectivity index (χ2n) is 4.90. The summed E-state index contributed by atoms with van der Waals surface area (Å²) in [6.45, 7) is 6.68. The summed E-state index contributed by atoms with van der Waals surface area (Å²) in [5.74, 6) is 2.30. The molecule has 0 aliphatic carbocycles. The molecular formula is C17H20ClNO2. The van der Waals surface area contributed by atoms with Crippen molar-refractivity contribution in [2.45, 2.75) is 33.1 Å². The molecule has 0 aliphatic rings. The van der Waals surface area contributed by atoms with Gasteiger partial charge in [0.2, 0.25) is 5.88 Å². The van der Waals surface area contributed by atoms with Gasteiger partial charge >= 0.3 is 0 Å². The van der Waals surface area contributed by atoms with Crippen LogP contribution in [0.25, 0.3) is 0 Å². The van der Waals surface area contributed by atoms with Crippen LogP contribution in [0.3, 0.4) is 0 Å². The summed E-state index contributed by atoms with van der Waals surface area (Å²) < 4.78 is 11.7. The minimum Gasteiger partial charge on any atom is -0.490 e. The Morgan fingerprint density at radius 3 is 2.52 bits per heavy atom. The molecule has 1 heterocycles. The molecular weight excluding hydrogens is 286 g/mol. The van der Waals surface area contributed by atoms with Gasteiger partial charge in [0.1, 0.15) is 0 Å². The zero-order chi connectivity index (χ0) is 15.2. The van der Waals surface area contributed by atoms with E-state index in [1.807, 2.05) is 44.2 Å². The van der Waals surface area contributed by atoms with E-state index in [1.54, 1.807) is 0 Å². The largest absolute Gasteiger partial charge is 0.490 e. The number of halogens is 1. The molecule has 0 saturated heterocycles. The van der Waals surface area contributed by atoms with Gasteiger partial charge in [-0.2, -0.15) is 0 Å². The summed E-state index contributed by atoms with van der Waals surface area (Å²) in [5, 5.41) is 0. The minimum atomic E-state index is 0.367. The Balaban J connectivity index is 2.34. The first-order valence-corrected chi connectivity index (χ1v) is 7.62. The standard InChI is InChI=1S/C17H20ClNO2/c1-4-9-20-15-7-5-6-8-16(15)21-17-14(11-18)12(2)10-13(3)19-17/h5-8,10H,4,9,11H2,1-3H3. The van der Waals surface area contributed by atoms with Crippen LogP contribution >= 0.6 is 11.6 Å². The third kappa shape index (κ3) is 3.88. The number of hydrogen-bond acceptors (Lipinski definition) is 3. The van der Waals surface area contributed by atoms with Gasteiger partial charge in [0.05, 0.1) is 12.5 Å². The maximum absolute atomic E-state index is 6.03. The molecule has 2 rings (SSSR count). The van der Waals surface area contributed by atoms with Crippen molar-refractivity contribution < 1.29 is 9.47 Å². The zero-order valence-corrected chi connectivity index (χ0v) is 13.4. The van der Waals surface area contributed by atoms with E-state index in [2.05, 4.69) is 11.9 Å². The van der Waals surface area contributed by atoms with Crippen LogP contribution < -0.4 is 9.47 Å². The predicted octanol–water partition coefficient (Wildman–Crippen LogP) is 5.02. The van der Waals surface area contributed by atoms with Crippen LogP contribution in [0.2, 0.25) is 0 Å². The van der Waals surface area contributed by atoms with Crippen molar-refractivity contribution in [3.05, 3.63) is 47.2 Å². The van der Waals surface area contributed by atoms with Crippen LogP contribution in [-0.2, 0) is 5.88 Å². The molecule has 0 amide bonds. The van der Waals surface area contributed by atoms with Gasteiger partial charge in [-0.3, -0.25) is 0 Å². The number of para-hydroxylation sites is 2. The van der Waals surface area contributed by atoms with Gasteiger partial charge < -0.3 is 9.47 Å². The molecule has 4 heteroatoms. The highest BCUT2D eigenvalue weighted by molar-refractivity contribution is 6.17. The maximum Gasteiger partial charge on any atom is 0.224 e. The SMILES string of the molecule is CCCOc1ccccc1Oc1nc(C)cc(C)c1CCl. The lowest BCUT2D eigenvalue weighted by molar-refractivity contribution is 0.300. The van der Waals surface area contributed by atoms with Crippen LogP contribution in [0.15, 0.2) is 30.3 Å². The van der Waals surface area contributed by atoms with Crippen molar-refractivity contribution in [3.63, 3.8) is 0 Å². The van der Waals surface area contributed by atoms with Crippen LogP contribution in [0.1, 0.15) is 30.2 Å². The first-order valence-electron chi connectivity index (χ1n) is 7.08. The highest BCUT2D eigenvalue weighted by Crippen LogP contribution is 2.33. The summed E-state index contributed by atoms with van der Waals surface area (Å²) in [5.41, 5.74) is 2.90. The molecule has 0 saturated carbocycles. The topological polar surface area (TPSA) is 31.4 Å². The van der Waals surface area contributed by atoms with E-state index in [4.69, 9.17) is 21.1 Å². The van der Waals surface area contributed by atoms with Crippen LogP contribution in [-0.4, -0.2) is 11.6 Å². The van der Waals surface area contributed by atoms with E-state index in [9.17, 15) is 0 Å². The lowest BCUT2D eigenvalue weighted by Crippen LogP contribution is -2.01. The van der Waals surface area contributed by atoms with Gasteiger partial charge in [-0.15, -0.1) is 11.6 Å². The Kier molecular flexibility index (Phi) is 5.45. The normalized spacial score (nSPS) is 10.5. The van der Waals surface area contributed by atoms with Crippen LogP contribution in [0.4, 0.5) is 0 Å². The highest BCUT2D eigenvalue weighted by atomic mass is 35.5. The Morgan fingerprint density at radius 2 is 1.86 bits per heavy atom. The Bertz CT molecular complexity index is 614. The van der Waals surface area contributed by atoms with Gasteiger partial charge in [-0.25, -0.2) is 4.98 Å². The fourth-order valence-corrected chi connectivity index (χ4v) is 2.37. The fourth-order valence-electron chi connectivity index (χ4n) is 2.05. The lowest BCUT2D eigenvalue weighted by Gasteiger charge is -2.14. The number of benzene rings is 1. The first-order chi connectivity index (χ1) is 10.2. The molecule has 3 nitrogen and oxygen atoms in total. The van der Waals surface area contributed by atoms with Gasteiger partial charge in [0.15, 0.2) is 11.5 Å². The smallest absolute Gasteiger partial charge is 0.224 e. The van der Waals surface area contributed by atoms with E-state index >= 15 is 0 Å². The van der Waals surface area contributed by atoms with E-state index in [0.29, 0.717) is 24.1 Å². The van der Waals surface area contributed by atoms with Crippen molar-refractivity contribution in [1.29, 1.82) is 0 Å². The lowest BCUT2D eigenvalue weighted by atomic mass is 10.1. The molecule has 1 aromatic carbocycles. The summed E-state index contributed by atoms with van der Waals surface area (Å²) in [4.78, 5) is 4.46. The van der Waals surface area contributed by atoms with E-state index in [1.165, 1.54) is 0 Å². The molecule has 0 N–H and O–H groups in total. The van der Waals surface area contributed by atoms with Crippen molar-refractivity contribution in [2.75, 3.05) is 6.61 Å². The number of pyridine rings is 1. The number of nitrogens with zero attached hydrogens (tertiary/aromatic N) is 1. The number of alkyl halides is 1. The molecule has 0 unspecified atom stereocenters. The van der Waals surface area contributed by atoms with Crippen LogP contribution in [0, 0.1) is 13.8 Å². The quantitative estimate of drug-likeness (QED) is 0.702. The molecule has 1 aromatic heterocycles. The molecule has 112 valence electrons. The first kappa shape index (κ1) is 15.6. The monoisotopic (exact) mass is 305 g/mol. The van der Waals surface area contributed by atoms with Crippen molar-refractivity contribution >= 4 is 11.6 Å². The number of aryl methyl sites for hydroxylation is 2. The Hall–Kier alpha value is -1.74. The van der Waals surface area contributed by atoms with E-state index in [0.717, 1.165) is 29.0 Å². The summed E-state index contributed by atoms with van der Waals surface area (Å²) in [7, 11) is 0. The van der Waals surface area contributed by atoms with Gasteiger partial charge in [-0.05, 0) is 44.0 Å². The molecule has 0 radical (unpaired) electrons. The van der Waals surface area contributed by atoms with Crippen molar-refractivity contribution in [1.82, 2.24) is 4.98 Å². The second-order valence-corrected chi connectivity index (χ2v) is 5.16. The predicted molar refractivity (Wildman–Crippen MR) is 85.6 cm³/mol. The minimum absolute atomic E-state index is 0.367. The third-order valence-electron chi connectivity index (χ3n) is 3.09. The molecule has 0 fully saturated rings. The average molecular weight is 306 g/mol. The number of ether oxygens (including phenoxy) is 2. The molecule has 2 aromatic rings. The molecule has 21 heavy (non-hydrogen) atoms. The van der Waals surface area contributed by atoms with Gasteiger partial charge in [0, 0.05) is 11.3 Å². The van der Waals surface area contributed by atoms with E-state index in [-0.39, 0.29) is 0 Å². The maximum atomic E-state index is 6.03. The third-order valence-corrected chi connectivity index (χ3v) is 3.36. The van der Waals surface area contributed by atoms with Crippen molar-refractivity contribution in [3.8, 4) is 17.4 Å². The van der Waals surface area contributed by atoms with Crippen LogP contribution in [0.5, 0.6) is 17.4 Å². The molecule has 0 bridgehead atoms. The van der Waals surface area contributed by atoms with Crippen molar-refractivity contribution in [2.24, 2.45) is 0 Å². The second kappa shape index (κ2) is 7.32. The Labute approximate surface area is 130 Å². The molecule has 0 atom stereocenters. The zero-order valence-electron chi connectivity index (χ0n) is 12.6. The molecule has 0 aliphatic heterocycles. The summed E-state index contributed by atoms with van der Waals surface area (Å²) in [6, 6.07) is 9.62. The average Bonchev–Trinajstić information content (AvgIpc) is 2.46. The van der Waals surface area contributed by atoms with Gasteiger partial charge in [0.25, 0.3) is 0 Å². The highest BCUT2D eigenvalue weighted by Gasteiger charge is 2.13. The summed E-state index contributed by atoms with van der Waals surface area (Å²) >= 11 is 6.03.